The molecule has 0 radical (unpaired) electrons. The van der Waals surface area contributed by atoms with Gasteiger partial charge in [0.15, 0.2) is 0 Å². The highest BCUT2D eigenvalue weighted by molar-refractivity contribution is 9.10. The van der Waals surface area contributed by atoms with Crippen molar-refractivity contribution in [3.05, 3.63) is 39.4 Å². The maximum absolute atomic E-state index is 10.2. The molecule has 0 amide bonds. The Hall–Kier alpha value is -1.22. The summed E-state index contributed by atoms with van der Waals surface area (Å²) in [4.78, 5) is 0. The summed E-state index contributed by atoms with van der Waals surface area (Å²) in [5.41, 5.74) is 2.74. The standard InChI is InChI=1S/C17H21BrO2/c1-11(2)6-5-8-17(4)9-7-13-14(20-17)10-12(3)15(18)16(13)19/h6-7,9-10,19H,5,8H2,1-4H3. The number of hydrogen-bond donors (Lipinski definition) is 1. The van der Waals surface area contributed by atoms with Gasteiger partial charge in [-0.15, -0.1) is 0 Å². The third kappa shape index (κ3) is 3.09. The number of ether oxygens (including phenoxy) is 1. The average Bonchev–Trinajstić information content (AvgIpc) is 2.35. The highest BCUT2D eigenvalue weighted by Gasteiger charge is 2.28. The number of aromatic hydroxyl groups is 1. The predicted octanol–water partition coefficient (Wildman–Crippen LogP) is 5.37. The SMILES string of the molecule is CC(C)=CCCC1(C)C=Cc2c(cc(C)c(Br)c2O)O1. The maximum Gasteiger partial charge on any atom is 0.140 e. The minimum absolute atomic E-state index is 0.252. The third-order valence-electron chi connectivity index (χ3n) is 3.56. The number of phenols is 1. The lowest BCUT2D eigenvalue weighted by atomic mass is 9.94. The van der Waals surface area contributed by atoms with Gasteiger partial charge >= 0.3 is 0 Å². The monoisotopic (exact) mass is 336 g/mol. The summed E-state index contributed by atoms with van der Waals surface area (Å²) in [7, 11) is 0. The van der Waals surface area contributed by atoms with E-state index in [2.05, 4.69) is 42.8 Å². The van der Waals surface area contributed by atoms with Gasteiger partial charge in [-0.25, -0.2) is 0 Å². The molecule has 0 aliphatic carbocycles. The van der Waals surface area contributed by atoms with Crippen molar-refractivity contribution in [1.29, 1.82) is 0 Å². The average molecular weight is 337 g/mol. The molecule has 3 heteroatoms. The van der Waals surface area contributed by atoms with E-state index >= 15 is 0 Å². The Morgan fingerprint density at radius 1 is 1.45 bits per heavy atom. The fourth-order valence-electron chi connectivity index (χ4n) is 2.33. The molecule has 20 heavy (non-hydrogen) atoms. The molecule has 0 bridgehead atoms. The van der Waals surface area contributed by atoms with Crippen LogP contribution < -0.4 is 4.74 Å². The number of rotatable bonds is 3. The summed E-state index contributed by atoms with van der Waals surface area (Å²) in [5.74, 6) is 1.01. The van der Waals surface area contributed by atoms with Crippen LogP contribution in [-0.4, -0.2) is 10.7 Å². The van der Waals surface area contributed by atoms with Crippen molar-refractivity contribution in [2.45, 2.75) is 46.1 Å². The molecule has 108 valence electrons. The molecular formula is C17H21BrO2. The molecule has 2 nitrogen and oxygen atoms in total. The summed E-state index contributed by atoms with van der Waals surface area (Å²) in [6.07, 6.45) is 8.13. The van der Waals surface area contributed by atoms with Gasteiger partial charge in [0.1, 0.15) is 17.1 Å². The Morgan fingerprint density at radius 2 is 2.15 bits per heavy atom. The van der Waals surface area contributed by atoms with Gasteiger partial charge in [0.25, 0.3) is 0 Å². The Morgan fingerprint density at radius 3 is 2.80 bits per heavy atom. The van der Waals surface area contributed by atoms with Gasteiger partial charge in [0.2, 0.25) is 0 Å². The largest absolute Gasteiger partial charge is 0.506 e. The number of fused-ring (bicyclic) bond motifs is 1. The molecule has 1 N–H and O–H groups in total. The first kappa shape index (κ1) is 15.2. The highest BCUT2D eigenvalue weighted by atomic mass is 79.9. The first-order valence-corrected chi connectivity index (χ1v) is 7.65. The van der Waals surface area contributed by atoms with Gasteiger partial charge in [-0.05, 0) is 80.2 Å². The normalized spacial score (nSPS) is 20.2. The van der Waals surface area contributed by atoms with Gasteiger partial charge in [-0.3, -0.25) is 0 Å². The molecule has 0 spiro atoms. The maximum atomic E-state index is 10.2. The molecule has 0 aromatic heterocycles. The summed E-state index contributed by atoms with van der Waals surface area (Å²) < 4.78 is 6.85. The zero-order chi connectivity index (χ0) is 14.9. The Bertz CT molecular complexity index is 583. The molecule has 1 unspecified atom stereocenters. The number of hydrogen-bond acceptors (Lipinski definition) is 2. The van der Waals surface area contributed by atoms with E-state index in [4.69, 9.17) is 4.74 Å². The lowest BCUT2D eigenvalue weighted by Crippen LogP contribution is -2.31. The second-order valence-electron chi connectivity index (χ2n) is 5.84. The van der Waals surface area contributed by atoms with Crippen molar-refractivity contribution in [2.24, 2.45) is 0 Å². The highest BCUT2D eigenvalue weighted by Crippen LogP contribution is 2.43. The topological polar surface area (TPSA) is 29.5 Å². The van der Waals surface area contributed by atoms with Crippen LogP contribution in [0.5, 0.6) is 11.5 Å². The second-order valence-corrected chi connectivity index (χ2v) is 6.63. The zero-order valence-corrected chi connectivity index (χ0v) is 14.0. The van der Waals surface area contributed by atoms with Crippen LogP contribution in [0, 0.1) is 6.92 Å². The van der Waals surface area contributed by atoms with E-state index < -0.39 is 0 Å². The van der Waals surface area contributed by atoms with Gasteiger partial charge in [0, 0.05) is 0 Å². The van der Waals surface area contributed by atoms with Crippen LogP contribution in [0.3, 0.4) is 0 Å². The van der Waals surface area contributed by atoms with Crippen LogP contribution in [-0.2, 0) is 0 Å². The molecule has 2 rings (SSSR count). The van der Waals surface area contributed by atoms with Crippen LogP contribution >= 0.6 is 15.9 Å². The predicted molar refractivity (Wildman–Crippen MR) is 87.3 cm³/mol. The Balaban J connectivity index is 2.26. The van der Waals surface area contributed by atoms with E-state index in [1.807, 2.05) is 25.1 Å². The van der Waals surface area contributed by atoms with Gasteiger partial charge in [-0.2, -0.15) is 0 Å². The molecule has 1 heterocycles. The van der Waals surface area contributed by atoms with E-state index in [9.17, 15) is 5.11 Å². The van der Waals surface area contributed by atoms with E-state index in [1.165, 1.54) is 5.57 Å². The van der Waals surface area contributed by atoms with Crippen LogP contribution in [0.15, 0.2) is 28.3 Å². The molecule has 0 fully saturated rings. The van der Waals surface area contributed by atoms with Crippen LogP contribution in [0.4, 0.5) is 0 Å². The fraction of sp³-hybridized carbons (Fsp3) is 0.412. The molecule has 1 aromatic rings. The molecular weight excluding hydrogens is 316 g/mol. The summed E-state index contributed by atoms with van der Waals surface area (Å²) in [6.45, 7) is 8.24. The van der Waals surface area contributed by atoms with Crippen LogP contribution in [0.2, 0.25) is 0 Å². The van der Waals surface area contributed by atoms with Crippen molar-refractivity contribution in [3.8, 4) is 11.5 Å². The van der Waals surface area contributed by atoms with E-state index in [-0.39, 0.29) is 11.4 Å². The zero-order valence-electron chi connectivity index (χ0n) is 12.5. The van der Waals surface area contributed by atoms with E-state index in [1.54, 1.807) is 0 Å². The summed E-state index contributed by atoms with van der Waals surface area (Å²) in [5, 5.41) is 10.2. The molecule has 1 aliphatic rings. The van der Waals surface area contributed by atoms with Crippen LogP contribution in [0.1, 0.15) is 44.7 Å². The summed E-state index contributed by atoms with van der Waals surface area (Å²) in [6, 6.07) is 1.97. The third-order valence-corrected chi connectivity index (χ3v) is 4.56. The molecule has 0 saturated heterocycles. The van der Waals surface area contributed by atoms with Crippen molar-refractivity contribution < 1.29 is 9.84 Å². The first-order chi connectivity index (χ1) is 9.32. The Kier molecular flexibility index (Phi) is 4.28. The number of aryl methyl sites for hydroxylation is 1. The smallest absolute Gasteiger partial charge is 0.140 e. The minimum atomic E-state index is -0.314. The van der Waals surface area contributed by atoms with Gasteiger partial charge < -0.3 is 9.84 Å². The molecule has 0 saturated carbocycles. The quantitative estimate of drug-likeness (QED) is 0.751. The number of phenolic OH excluding ortho intramolecular Hbond substituents is 1. The Labute approximate surface area is 129 Å². The first-order valence-electron chi connectivity index (χ1n) is 6.86. The summed E-state index contributed by atoms with van der Waals surface area (Å²) >= 11 is 3.40. The molecule has 1 aromatic carbocycles. The number of halogens is 1. The second kappa shape index (κ2) is 5.65. The number of benzene rings is 1. The van der Waals surface area contributed by atoms with E-state index in [0.29, 0.717) is 0 Å². The van der Waals surface area contributed by atoms with Crippen molar-refractivity contribution in [2.75, 3.05) is 0 Å². The van der Waals surface area contributed by atoms with Crippen molar-refractivity contribution in [3.63, 3.8) is 0 Å². The van der Waals surface area contributed by atoms with Crippen molar-refractivity contribution >= 4 is 22.0 Å². The van der Waals surface area contributed by atoms with E-state index in [0.717, 1.165) is 34.2 Å². The number of allylic oxidation sites excluding steroid dienone is 2. The van der Waals surface area contributed by atoms with Gasteiger partial charge in [-0.1, -0.05) is 11.6 Å². The minimum Gasteiger partial charge on any atom is -0.506 e. The lowest BCUT2D eigenvalue weighted by Gasteiger charge is -2.32. The fourth-order valence-corrected chi connectivity index (χ4v) is 2.66. The molecule has 1 aliphatic heterocycles. The van der Waals surface area contributed by atoms with Crippen LogP contribution in [0.25, 0.3) is 6.08 Å². The van der Waals surface area contributed by atoms with Gasteiger partial charge in [0.05, 0.1) is 10.0 Å². The van der Waals surface area contributed by atoms with Crippen molar-refractivity contribution in [1.82, 2.24) is 0 Å². The molecule has 1 atom stereocenters. The lowest BCUT2D eigenvalue weighted by molar-refractivity contribution is 0.128.